The molecule has 1 atom stereocenters. The Kier molecular flexibility index (Phi) is 5.16. The zero-order chi connectivity index (χ0) is 12.8. The Labute approximate surface area is 103 Å². The van der Waals surface area contributed by atoms with E-state index in [-0.39, 0.29) is 12.0 Å². The maximum atomic E-state index is 11.4. The molecule has 0 aliphatic rings. The predicted octanol–water partition coefficient (Wildman–Crippen LogP) is 2.52. The first-order chi connectivity index (χ1) is 8.06. The molecule has 94 valence electrons. The maximum Gasteiger partial charge on any atom is 0.307 e. The van der Waals surface area contributed by atoms with Crippen LogP contribution in [0.15, 0.2) is 18.2 Å². The zero-order valence-corrected chi connectivity index (χ0v) is 11.0. The minimum Gasteiger partial charge on any atom is -0.469 e. The molecular formula is C14H21NO2. The highest BCUT2D eigenvalue weighted by Crippen LogP contribution is 2.20. The smallest absolute Gasteiger partial charge is 0.307 e. The van der Waals surface area contributed by atoms with E-state index in [2.05, 4.69) is 37.4 Å². The Hall–Kier alpha value is -1.35. The molecule has 0 fully saturated rings. The first-order valence-corrected chi connectivity index (χ1v) is 5.95. The number of ether oxygens (including phenoxy) is 1. The van der Waals surface area contributed by atoms with Gasteiger partial charge in [0.2, 0.25) is 0 Å². The lowest BCUT2D eigenvalue weighted by Gasteiger charge is -2.18. The average Bonchev–Trinajstić information content (AvgIpc) is 2.27. The second-order valence-electron chi connectivity index (χ2n) is 4.31. The van der Waals surface area contributed by atoms with Gasteiger partial charge in [-0.25, -0.2) is 0 Å². The van der Waals surface area contributed by atoms with Crippen LogP contribution in [0.3, 0.4) is 0 Å². The number of hydrogen-bond donors (Lipinski definition) is 1. The third-order valence-electron chi connectivity index (χ3n) is 2.70. The van der Waals surface area contributed by atoms with Crippen molar-refractivity contribution in [3.63, 3.8) is 0 Å². The number of esters is 1. The number of benzene rings is 1. The number of carbonyl (C=O) groups excluding carboxylic acids is 1. The van der Waals surface area contributed by atoms with Gasteiger partial charge >= 0.3 is 5.97 Å². The van der Waals surface area contributed by atoms with Gasteiger partial charge in [-0.2, -0.15) is 0 Å². The SMILES string of the molecule is CCNC(CC(=O)OC)c1cc(C)cc(C)c1. The van der Waals surface area contributed by atoms with Crippen molar-refractivity contribution in [2.75, 3.05) is 13.7 Å². The summed E-state index contributed by atoms with van der Waals surface area (Å²) in [5.74, 6) is -0.185. The van der Waals surface area contributed by atoms with Crippen molar-refractivity contribution in [1.82, 2.24) is 5.32 Å². The fourth-order valence-electron chi connectivity index (χ4n) is 2.02. The van der Waals surface area contributed by atoms with Crippen molar-refractivity contribution >= 4 is 5.97 Å². The summed E-state index contributed by atoms with van der Waals surface area (Å²) in [5.41, 5.74) is 3.58. The van der Waals surface area contributed by atoms with Crippen LogP contribution in [0, 0.1) is 13.8 Å². The minimum absolute atomic E-state index is 0.0334. The van der Waals surface area contributed by atoms with Crippen molar-refractivity contribution in [2.24, 2.45) is 0 Å². The first kappa shape index (κ1) is 13.7. The van der Waals surface area contributed by atoms with E-state index in [9.17, 15) is 4.79 Å². The van der Waals surface area contributed by atoms with Crippen LogP contribution in [0.25, 0.3) is 0 Å². The Morgan fingerprint density at radius 2 is 1.88 bits per heavy atom. The Balaban J connectivity index is 2.91. The Morgan fingerprint density at radius 3 is 2.35 bits per heavy atom. The zero-order valence-electron chi connectivity index (χ0n) is 11.0. The molecule has 0 bridgehead atoms. The highest BCUT2D eigenvalue weighted by Gasteiger charge is 2.15. The van der Waals surface area contributed by atoms with E-state index in [1.54, 1.807) is 0 Å². The van der Waals surface area contributed by atoms with Gasteiger partial charge in [0.25, 0.3) is 0 Å². The molecule has 0 saturated heterocycles. The van der Waals surface area contributed by atoms with Crippen molar-refractivity contribution in [2.45, 2.75) is 33.2 Å². The van der Waals surface area contributed by atoms with Gasteiger partial charge in [0.1, 0.15) is 0 Å². The lowest BCUT2D eigenvalue weighted by atomic mass is 9.99. The highest BCUT2D eigenvalue weighted by atomic mass is 16.5. The molecule has 3 nitrogen and oxygen atoms in total. The molecule has 0 aromatic heterocycles. The van der Waals surface area contributed by atoms with Crippen LogP contribution in [-0.2, 0) is 9.53 Å². The largest absolute Gasteiger partial charge is 0.469 e. The van der Waals surface area contributed by atoms with Gasteiger partial charge in [-0.1, -0.05) is 36.2 Å². The van der Waals surface area contributed by atoms with Gasteiger partial charge in [0.05, 0.1) is 13.5 Å². The molecular weight excluding hydrogens is 214 g/mol. The van der Waals surface area contributed by atoms with Crippen LogP contribution >= 0.6 is 0 Å². The summed E-state index contributed by atoms with van der Waals surface area (Å²) in [6.07, 6.45) is 0.368. The van der Waals surface area contributed by atoms with E-state index in [0.29, 0.717) is 6.42 Å². The molecule has 3 heteroatoms. The average molecular weight is 235 g/mol. The van der Waals surface area contributed by atoms with Crippen LogP contribution in [-0.4, -0.2) is 19.6 Å². The third kappa shape index (κ3) is 4.19. The van der Waals surface area contributed by atoms with Crippen molar-refractivity contribution < 1.29 is 9.53 Å². The Bertz CT molecular complexity index is 368. The number of carbonyl (C=O) groups is 1. The summed E-state index contributed by atoms with van der Waals surface area (Å²) in [6, 6.07) is 6.39. The van der Waals surface area contributed by atoms with E-state index in [1.165, 1.54) is 18.2 Å². The fourth-order valence-corrected chi connectivity index (χ4v) is 2.02. The standard InChI is InChI=1S/C14H21NO2/c1-5-15-13(9-14(16)17-4)12-7-10(2)6-11(3)8-12/h6-8,13,15H,5,9H2,1-4H3. The molecule has 1 aromatic rings. The fraction of sp³-hybridized carbons (Fsp3) is 0.500. The number of nitrogens with one attached hydrogen (secondary N) is 1. The molecule has 0 heterocycles. The monoisotopic (exact) mass is 235 g/mol. The molecule has 1 aromatic carbocycles. The molecule has 1 rings (SSSR count). The van der Waals surface area contributed by atoms with E-state index in [4.69, 9.17) is 4.74 Å². The van der Waals surface area contributed by atoms with E-state index >= 15 is 0 Å². The van der Waals surface area contributed by atoms with Crippen LogP contribution in [0.2, 0.25) is 0 Å². The lowest BCUT2D eigenvalue weighted by molar-refractivity contribution is -0.141. The minimum atomic E-state index is -0.185. The van der Waals surface area contributed by atoms with Crippen LogP contribution in [0.4, 0.5) is 0 Å². The molecule has 0 amide bonds. The van der Waals surface area contributed by atoms with Gasteiger partial charge < -0.3 is 10.1 Å². The summed E-state index contributed by atoms with van der Waals surface area (Å²) in [7, 11) is 1.42. The third-order valence-corrected chi connectivity index (χ3v) is 2.70. The normalized spacial score (nSPS) is 12.2. The van der Waals surface area contributed by atoms with Gasteiger partial charge in [-0.15, -0.1) is 0 Å². The van der Waals surface area contributed by atoms with E-state index in [0.717, 1.165) is 12.1 Å². The van der Waals surface area contributed by atoms with Crippen LogP contribution in [0.1, 0.15) is 36.1 Å². The second-order valence-corrected chi connectivity index (χ2v) is 4.31. The summed E-state index contributed by atoms with van der Waals surface area (Å²) in [4.78, 5) is 11.4. The van der Waals surface area contributed by atoms with Crippen LogP contribution < -0.4 is 5.32 Å². The molecule has 0 aliphatic heterocycles. The van der Waals surface area contributed by atoms with Gasteiger partial charge in [-0.3, -0.25) is 4.79 Å². The Morgan fingerprint density at radius 1 is 1.29 bits per heavy atom. The summed E-state index contributed by atoms with van der Waals surface area (Å²) < 4.78 is 4.73. The van der Waals surface area contributed by atoms with E-state index in [1.807, 2.05) is 6.92 Å². The van der Waals surface area contributed by atoms with Gasteiger partial charge in [-0.05, 0) is 26.0 Å². The van der Waals surface area contributed by atoms with Gasteiger partial charge in [0.15, 0.2) is 0 Å². The second kappa shape index (κ2) is 6.40. The summed E-state index contributed by atoms with van der Waals surface area (Å²) in [5, 5.41) is 3.32. The van der Waals surface area contributed by atoms with Gasteiger partial charge in [0, 0.05) is 6.04 Å². The molecule has 0 aliphatic carbocycles. The van der Waals surface area contributed by atoms with Crippen molar-refractivity contribution in [3.8, 4) is 0 Å². The molecule has 1 unspecified atom stereocenters. The van der Waals surface area contributed by atoms with E-state index < -0.39 is 0 Å². The highest BCUT2D eigenvalue weighted by molar-refractivity contribution is 5.70. The summed E-state index contributed by atoms with van der Waals surface area (Å²) >= 11 is 0. The number of hydrogen-bond acceptors (Lipinski definition) is 3. The maximum absolute atomic E-state index is 11.4. The molecule has 0 saturated carbocycles. The van der Waals surface area contributed by atoms with Crippen molar-refractivity contribution in [1.29, 1.82) is 0 Å². The molecule has 0 radical (unpaired) electrons. The number of aryl methyl sites for hydroxylation is 2. The molecule has 1 N–H and O–H groups in total. The quantitative estimate of drug-likeness (QED) is 0.797. The number of rotatable bonds is 5. The number of methoxy groups -OCH3 is 1. The van der Waals surface area contributed by atoms with Crippen molar-refractivity contribution in [3.05, 3.63) is 34.9 Å². The van der Waals surface area contributed by atoms with Crippen LogP contribution in [0.5, 0.6) is 0 Å². The molecule has 0 spiro atoms. The topological polar surface area (TPSA) is 38.3 Å². The molecule has 17 heavy (non-hydrogen) atoms. The summed E-state index contributed by atoms with van der Waals surface area (Å²) in [6.45, 7) is 7.00. The predicted molar refractivity (Wildman–Crippen MR) is 69.0 cm³/mol. The first-order valence-electron chi connectivity index (χ1n) is 5.95. The lowest BCUT2D eigenvalue weighted by Crippen LogP contribution is -2.24.